The van der Waals surface area contributed by atoms with Gasteiger partial charge in [0.2, 0.25) is 0 Å². The van der Waals surface area contributed by atoms with E-state index in [1.807, 2.05) is 53.4 Å². The summed E-state index contributed by atoms with van der Waals surface area (Å²) < 4.78 is 10.9. The zero-order valence-corrected chi connectivity index (χ0v) is 20.3. The first kappa shape index (κ1) is 23.2. The molecule has 2 saturated heterocycles. The van der Waals surface area contributed by atoms with Gasteiger partial charge in [-0.05, 0) is 54.7 Å². The molecule has 2 aliphatic rings. The van der Waals surface area contributed by atoms with Gasteiger partial charge in [-0.3, -0.25) is 14.6 Å². The number of hydrogen-bond donors (Lipinski definition) is 0. The number of hydrogen-bond acceptors (Lipinski definition) is 5. The zero-order chi connectivity index (χ0) is 24.4. The van der Waals surface area contributed by atoms with Crippen molar-refractivity contribution in [1.82, 2.24) is 14.7 Å². The fraction of sp³-hybridized carbons (Fsp3) is 0.357. The summed E-state index contributed by atoms with van der Waals surface area (Å²) in [5.41, 5.74) is 2.64. The normalized spacial score (nSPS) is 18.0. The first-order valence-electron chi connectivity index (χ1n) is 12.1. The van der Waals surface area contributed by atoms with Crippen molar-refractivity contribution >= 4 is 11.9 Å². The van der Waals surface area contributed by atoms with Gasteiger partial charge in [-0.2, -0.15) is 0 Å². The van der Waals surface area contributed by atoms with Gasteiger partial charge >= 0.3 is 6.03 Å². The average Bonchev–Trinajstić information content (AvgIpc) is 3.49. The van der Waals surface area contributed by atoms with E-state index >= 15 is 0 Å². The van der Waals surface area contributed by atoms with Crippen molar-refractivity contribution in [2.45, 2.75) is 31.3 Å². The lowest BCUT2D eigenvalue weighted by Crippen LogP contribution is -2.56. The number of carbonyl (C=O) groups is 2. The van der Waals surface area contributed by atoms with E-state index < -0.39 is 5.54 Å². The van der Waals surface area contributed by atoms with E-state index in [-0.39, 0.29) is 11.9 Å². The molecule has 2 aliphatic heterocycles. The van der Waals surface area contributed by atoms with Gasteiger partial charge in [0.05, 0.1) is 13.4 Å². The minimum Gasteiger partial charge on any atom is -0.497 e. The molecule has 2 aromatic carbocycles. The lowest BCUT2D eigenvalue weighted by molar-refractivity contribution is -0.134. The molecule has 7 heteroatoms. The first-order chi connectivity index (χ1) is 17.0. The predicted molar refractivity (Wildman–Crippen MR) is 133 cm³/mol. The van der Waals surface area contributed by atoms with E-state index in [2.05, 4.69) is 17.0 Å². The Morgan fingerprint density at radius 1 is 0.971 bits per heavy atom. The number of rotatable bonds is 7. The molecule has 1 aromatic heterocycles. The van der Waals surface area contributed by atoms with Crippen molar-refractivity contribution < 1.29 is 18.7 Å². The van der Waals surface area contributed by atoms with Crippen molar-refractivity contribution in [2.75, 3.05) is 33.8 Å². The number of methoxy groups -OCH3 is 1. The first-order valence-corrected chi connectivity index (χ1v) is 12.1. The second kappa shape index (κ2) is 9.58. The number of carbonyl (C=O) groups excluding carboxylic acids is 2. The Morgan fingerprint density at radius 3 is 2.40 bits per heavy atom. The number of nitrogens with zero attached hydrogens (tertiary/aromatic N) is 3. The van der Waals surface area contributed by atoms with Gasteiger partial charge in [-0.15, -0.1) is 0 Å². The highest BCUT2D eigenvalue weighted by atomic mass is 16.5. The topological polar surface area (TPSA) is 66.2 Å². The van der Waals surface area contributed by atoms with Crippen LogP contribution in [-0.4, -0.2) is 66.0 Å². The van der Waals surface area contributed by atoms with E-state index in [0.717, 1.165) is 42.3 Å². The number of imide groups is 1. The van der Waals surface area contributed by atoms with Crippen LogP contribution in [0.25, 0.3) is 11.3 Å². The third-order valence-electron chi connectivity index (χ3n) is 7.40. The number of likely N-dealkylation sites (N-methyl/N-ethyl adjacent to an activating group) is 1. The van der Waals surface area contributed by atoms with Gasteiger partial charge in [0.15, 0.2) is 0 Å². The van der Waals surface area contributed by atoms with E-state index in [9.17, 15) is 9.59 Å². The molecular formula is C28H31N3O4. The van der Waals surface area contributed by atoms with Gasteiger partial charge in [0, 0.05) is 38.8 Å². The van der Waals surface area contributed by atoms with Gasteiger partial charge in [0.1, 0.15) is 17.0 Å². The van der Waals surface area contributed by atoms with Gasteiger partial charge in [0.25, 0.3) is 5.91 Å². The number of ether oxygens (including phenoxy) is 1. The summed E-state index contributed by atoms with van der Waals surface area (Å²) >= 11 is 0. The summed E-state index contributed by atoms with van der Waals surface area (Å²) in [6.45, 7) is 2.79. The van der Waals surface area contributed by atoms with Crippen LogP contribution in [0.3, 0.4) is 0 Å². The minimum absolute atomic E-state index is 0.0760. The molecule has 1 spiro atoms. The van der Waals surface area contributed by atoms with Crippen LogP contribution in [0, 0.1) is 0 Å². The van der Waals surface area contributed by atoms with Crippen LogP contribution in [0.4, 0.5) is 4.79 Å². The molecule has 5 rings (SSSR count). The Kier molecular flexibility index (Phi) is 6.34. The summed E-state index contributed by atoms with van der Waals surface area (Å²) in [5, 5.41) is 0. The third kappa shape index (κ3) is 4.32. The zero-order valence-electron chi connectivity index (χ0n) is 20.3. The van der Waals surface area contributed by atoms with Crippen LogP contribution in [0.5, 0.6) is 5.75 Å². The van der Waals surface area contributed by atoms with Crippen LogP contribution in [0.1, 0.15) is 24.0 Å². The summed E-state index contributed by atoms with van der Waals surface area (Å²) in [7, 11) is 3.25. The lowest BCUT2D eigenvalue weighted by atomic mass is 9.85. The quantitative estimate of drug-likeness (QED) is 0.475. The van der Waals surface area contributed by atoms with Gasteiger partial charge in [-0.25, -0.2) is 4.79 Å². The van der Waals surface area contributed by atoms with E-state index in [1.165, 1.54) is 10.5 Å². The predicted octanol–water partition coefficient (Wildman–Crippen LogP) is 4.43. The summed E-state index contributed by atoms with van der Waals surface area (Å²) in [6.07, 6.45) is 3.65. The average molecular weight is 474 g/mol. The minimum atomic E-state index is -0.755. The number of furan rings is 1. The molecule has 3 amide bonds. The largest absolute Gasteiger partial charge is 0.497 e. The molecular weight excluding hydrogens is 442 g/mol. The highest BCUT2D eigenvalue weighted by molar-refractivity contribution is 6.06. The van der Waals surface area contributed by atoms with E-state index in [1.54, 1.807) is 20.4 Å². The van der Waals surface area contributed by atoms with Crippen molar-refractivity contribution in [2.24, 2.45) is 0 Å². The molecule has 3 aromatic rings. The highest BCUT2D eigenvalue weighted by Crippen LogP contribution is 2.37. The molecule has 7 nitrogen and oxygen atoms in total. The molecule has 0 bridgehead atoms. The SMILES string of the molecule is COc1ccc(CCN2C(=O)N(C)C(=O)C23CCN(Cc2ccccc2-c2ccco2)CC3)cc1. The van der Waals surface area contributed by atoms with Crippen molar-refractivity contribution in [3.63, 3.8) is 0 Å². The van der Waals surface area contributed by atoms with Crippen LogP contribution in [0.15, 0.2) is 71.3 Å². The molecule has 0 unspecified atom stereocenters. The van der Waals surface area contributed by atoms with Crippen molar-refractivity contribution in [3.05, 3.63) is 78.1 Å². The van der Waals surface area contributed by atoms with Crippen molar-refractivity contribution in [1.29, 1.82) is 0 Å². The number of urea groups is 1. The molecule has 0 N–H and O–H groups in total. The second-order valence-corrected chi connectivity index (χ2v) is 9.34. The van der Waals surface area contributed by atoms with Crippen LogP contribution in [0.2, 0.25) is 0 Å². The van der Waals surface area contributed by atoms with Crippen molar-refractivity contribution in [3.8, 4) is 17.1 Å². The van der Waals surface area contributed by atoms with Crippen LogP contribution in [-0.2, 0) is 17.8 Å². The van der Waals surface area contributed by atoms with Crippen LogP contribution >= 0.6 is 0 Å². The number of benzene rings is 2. The fourth-order valence-corrected chi connectivity index (χ4v) is 5.36. The third-order valence-corrected chi connectivity index (χ3v) is 7.40. The Balaban J connectivity index is 1.28. The Labute approximate surface area is 205 Å². The molecule has 2 fully saturated rings. The maximum Gasteiger partial charge on any atom is 0.327 e. The smallest absolute Gasteiger partial charge is 0.327 e. The Bertz CT molecular complexity index is 1180. The maximum absolute atomic E-state index is 13.3. The summed E-state index contributed by atoms with van der Waals surface area (Å²) in [4.78, 5) is 31.8. The van der Waals surface area contributed by atoms with Gasteiger partial charge in [-0.1, -0.05) is 36.4 Å². The van der Waals surface area contributed by atoms with Gasteiger partial charge < -0.3 is 14.1 Å². The molecule has 0 aliphatic carbocycles. The fourth-order valence-electron chi connectivity index (χ4n) is 5.36. The second-order valence-electron chi connectivity index (χ2n) is 9.34. The number of amides is 3. The standard InChI is InChI=1S/C28H31N3O4/c1-29-26(32)28(31(27(29)33)16-13-21-9-11-23(34-2)12-10-21)14-17-30(18-15-28)20-22-6-3-4-7-24(22)25-8-5-19-35-25/h3-12,19H,13-18,20H2,1-2H3. The summed E-state index contributed by atoms with van der Waals surface area (Å²) in [5.74, 6) is 1.59. The molecule has 35 heavy (non-hydrogen) atoms. The summed E-state index contributed by atoms with van der Waals surface area (Å²) in [6, 6.07) is 19.8. The molecule has 0 saturated carbocycles. The van der Waals surface area contributed by atoms with E-state index in [0.29, 0.717) is 25.8 Å². The lowest BCUT2D eigenvalue weighted by Gasteiger charge is -2.42. The number of likely N-dealkylation sites (tertiary alicyclic amines) is 1. The number of piperidine rings is 1. The molecule has 0 radical (unpaired) electrons. The molecule has 0 atom stereocenters. The molecule has 3 heterocycles. The maximum atomic E-state index is 13.3. The Hall–Kier alpha value is -3.58. The Morgan fingerprint density at radius 2 is 1.71 bits per heavy atom. The monoisotopic (exact) mass is 473 g/mol. The molecule has 182 valence electrons. The van der Waals surface area contributed by atoms with E-state index in [4.69, 9.17) is 9.15 Å². The van der Waals surface area contributed by atoms with Crippen LogP contribution < -0.4 is 4.74 Å². The highest BCUT2D eigenvalue weighted by Gasteiger charge is 2.56.